The highest BCUT2D eigenvalue weighted by atomic mass is 19.1. The molecule has 0 bridgehead atoms. The molecular formula is C12H8F3N. The summed E-state index contributed by atoms with van der Waals surface area (Å²) >= 11 is 0. The lowest BCUT2D eigenvalue weighted by atomic mass is 10.0. The Morgan fingerprint density at radius 1 is 0.812 bits per heavy atom. The van der Waals surface area contributed by atoms with Gasteiger partial charge in [-0.05, 0) is 35.9 Å². The zero-order valence-corrected chi connectivity index (χ0v) is 8.18. The van der Waals surface area contributed by atoms with Crippen molar-refractivity contribution in [2.75, 3.05) is 5.73 Å². The number of anilines is 1. The van der Waals surface area contributed by atoms with Crippen molar-refractivity contribution < 1.29 is 13.2 Å². The third-order valence-electron chi connectivity index (χ3n) is 2.24. The van der Waals surface area contributed by atoms with Gasteiger partial charge in [-0.15, -0.1) is 0 Å². The van der Waals surface area contributed by atoms with Crippen LogP contribution in [0.4, 0.5) is 18.9 Å². The third-order valence-corrected chi connectivity index (χ3v) is 2.24. The highest BCUT2D eigenvalue weighted by Crippen LogP contribution is 2.26. The van der Waals surface area contributed by atoms with Crippen molar-refractivity contribution >= 4 is 5.69 Å². The second kappa shape index (κ2) is 3.89. The molecule has 0 fully saturated rings. The Labute approximate surface area is 90.3 Å². The molecule has 0 unspecified atom stereocenters. The van der Waals surface area contributed by atoms with E-state index in [9.17, 15) is 13.2 Å². The first-order valence-corrected chi connectivity index (χ1v) is 4.58. The fourth-order valence-corrected chi connectivity index (χ4v) is 1.41. The van der Waals surface area contributed by atoms with Gasteiger partial charge in [0.15, 0.2) is 0 Å². The molecule has 0 heterocycles. The van der Waals surface area contributed by atoms with Crippen molar-refractivity contribution in [3.8, 4) is 11.1 Å². The van der Waals surface area contributed by atoms with E-state index in [0.29, 0.717) is 0 Å². The van der Waals surface area contributed by atoms with Gasteiger partial charge in [-0.3, -0.25) is 0 Å². The number of nitrogen functional groups attached to an aromatic ring is 1. The Morgan fingerprint density at radius 2 is 1.56 bits per heavy atom. The van der Waals surface area contributed by atoms with Crippen LogP contribution in [0.2, 0.25) is 0 Å². The van der Waals surface area contributed by atoms with Crippen LogP contribution in [0.25, 0.3) is 11.1 Å². The van der Waals surface area contributed by atoms with Crippen LogP contribution < -0.4 is 5.73 Å². The molecule has 0 saturated heterocycles. The first kappa shape index (κ1) is 10.5. The van der Waals surface area contributed by atoms with E-state index >= 15 is 0 Å². The SMILES string of the molecule is Nc1ccc(-c2cc(F)ccc2F)cc1F. The van der Waals surface area contributed by atoms with Crippen LogP contribution in [0.15, 0.2) is 36.4 Å². The van der Waals surface area contributed by atoms with Crippen molar-refractivity contribution in [3.63, 3.8) is 0 Å². The third kappa shape index (κ3) is 1.86. The van der Waals surface area contributed by atoms with E-state index in [1.165, 1.54) is 12.1 Å². The summed E-state index contributed by atoms with van der Waals surface area (Å²) in [6, 6.07) is 6.85. The lowest BCUT2D eigenvalue weighted by molar-refractivity contribution is 0.602. The maximum Gasteiger partial charge on any atom is 0.146 e. The molecule has 1 nitrogen and oxygen atoms in total. The Kier molecular flexibility index (Phi) is 2.56. The first-order chi connectivity index (χ1) is 7.58. The minimum atomic E-state index is -0.652. The van der Waals surface area contributed by atoms with Gasteiger partial charge in [0.05, 0.1) is 5.69 Å². The van der Waals surface area contributed by atoms with Crippen LogP contribution in [-0.4, -0.2) is 0 Å². The highest BCUT2D eigenvalue weighted by Gasteiger charge is 2.08. The average Bonchev–Trinajstić information content (AvgIpc) is 2.26. The van der Waals surface area contributed by atoms with E-state index in [1.807, 2.05) is 0 Å². The molecular weight excluding hydrogens is 215 g/mol. The molecule has 0 atom stereocenters. The van der Waals surface area contributed by atoms with Crippen LogP contribution in [-0.2, 0) is 0 Å². The summed E-state index contributed by atoms with van der Waals surface area (Å²) in [6.45, 7) is 0. The van der Waals surface area contributed by atoms with Crippen LogP contribution in [0.1, 0.15) is 0 Å². The van der Waals surface area contributed by atoms with Gasteiger partial charge in [-0.2, -0.15) is 0 Å². The van der Waals surface area contributed by atoms with E-state index in [4.69, 9.17) is 5.73 Å². The van der Waals surface area contributed by atoms with Crippen LogP contribution in [0.5, 0.6) is 0 Å². The normalized spacial score (nSPS) is 10.4. The zero-order valence-electron chi connectivity index (χ0n) is 8.18. The molecule has 0 aliphatic heterocycles. The van der Waals surface area contributed by atoms with Gasteiger partial charge in [0.25, 0.3) is 0 Å². The van der Waals surface area contributed by atoms with Gasteiger partial charge in [0.1, 0.15) is 17.5 Å². The number of halogens is 3. The Balaban J connectivity index is 2.58. The summed E-state index contributed by atoms with van der Waals surface area (Å²) in [6.07, 6.45) is 0. The fraction of sp³-hybridized carbons (Fsp3) is 0. The minimum Gasteiger partial charge on any atom is -0.396 e. The van der Waals surface area contributed by atoms with Crippen LogP contribution in [0.3, 0.4) is 0 Å². The molecule has 2 aromatic carbocycles. The molecule has 0 saturated carbocycles. The molecule has 0 aromatic heterocycles. The number of rotatable bonds is 1. The smallest absolute Gasteiger partial charge is 0.146 e. The summed E-state index contributed by atoms with van der Waals surface area (Å²) in [4.78, 5) is 0. The summed E-state index contributed by atoms with van der Waals surface area (Å²) in [7, 11) is 0. The number of hydrogen-bond donors (Lipinski definition) is 1. The fourth-order valence-electron chi connectivity index (χ4n) is 1.41. The van der Waals surface area contributed by atoms with Crippen molar-refractivity contribution in [1.82, 2.24) is 0 Å². The summed E-state index contributed by atoms with van der Waals surface area (Å²) in [5.74, 6) is -1.83. The highest BCUT2D eigenvalue weighted by molar-refractivity contribution is 5.66. The van der Waals surface area contributed by atoms with Gasteiger partial charge < -0.3 is 5.73 Å². The Bertz CT molecular complexity index is 538. The van der Waals surface area contributed by atoms with E-state index in [-0.39, 0.29) is 16.8 Å². The minimum absolute atomic E-state index is 0.0129. The van der Waals surface area contributed by atoms with Gasteiger partial charge in [0, 0.05) is 5.56 Å². The van der Waals surface area contributed by atoms with Gasteiger partial charge in [-0.1, -0.05) is 6.07 Å². The lowest BCUT2D eigenvalue weighted by Gasteiger charge is -2.05. The van der Waals surface area contributed by atoms with Crippen LogP contribution in [0, 0.1) is 17.5 Å². The summed E-state index contributed by atoms with van der Waals surface area (Å²) in [5, 5.41) is 0. The molecule has 0 aliphatic carbocycles. The van der Waals surface area contributed by atoms with Crippen molar-refractivity contribution in [3.05, 3.63) is 53.8 Å². The predicted molar refractivity (Wildman–Crippen MR) is 56.2 cm³/mol. The largest absolute Gasteiger partial charge is 0.396 e. The van der Waals surface area contributed by atoms with Gasteiger partial charge in [-0.25, -0.2) is 13.2 Å². The maximum absolute atomic E-state index is 13.4. The number of hydrogen-bond acceptors (Lipinski definition) is 1. The second-order valence-corrected chi connectivity index (χ2v) is 3.36. The number of benzene rings is 2. The molecule has 0 amide bonds. The van der Waals surface area contributed by atoms with E-state index < -0.39 is 17.5 Å². The quantitative estimate of drug-likeness (QED) is 0.737. The summed E-state index contributed by atoms with van der Waals surface area (Å²) < 4.78 is 39.5. The van der Waals surface area contributed by atoms with Gasteiger partial charge in [0.2, 0.25) is 0 Å². The van der Waals surface area contributed by atoms with Crippen molar-refractivity contribution in [2.45, 2.75) is 0 Å². The standard InChI is InChI=1S/C12H8F3N/c13-8-2-3-10(14)9(6-8)7-1-4-12(16)11(15)5-7/h1-6H,16H2. The predicted octanol–water partition coefficient (Wildman–Crippen LogP) is 3.35. The second-order valence-electron chi connectivity index (χ2n) is 3.36. The van der Waals surface area contributed by atoms with E-state index in [1.54, 1.807) is 0 Å². The molecule has 82 valence electrons. The van der Waals surface area contributed by atoms with E-state index in [2.05, 4.69) is 0 Å². The van der Waals surface area contributed by atoms with Crippen LogP contribution >= 0.6 is 0 Å². The van der Waals surface area contributed by atoms with Crippen molar-refractivity contribution in [2.24, 2.45) is 0 Å². The maximum atomic E-state index is 13.4. The molecule has 16 heavy (non-hydrogen) atoms. The Morgan fingerprint density at radius 3 is 2.25 bits per heavy atom. The molecule has 4 heteroatoms. The van der Waals surface area contributed by atoms with Crippen molar-refractivity contribution in [1.29, 1.82) is 0 Å². The zero-order chi connectivity index (χ0) is 11.7. The topological polar surface area (TPSA) is 26.0 Å². The molecule has 0 aliphatic rings. The molecule has 2 rings (SSSR count). The number of nitrogens with two attached hydrogens (primary N) is 1. The van der Waals surface area contributed by atoms with E-state index in [0.717, 1.165) is 24.3 Å². The summed E-state index contributed by atoms with van der Waals surface area (Å²) in [5.41, 5.74) is 5.53. The molecule has 0 radical (unpaired) electrons. The average molecular weight is 223 g/mol. The molecule has 2 aromatic rings. The Hall–Kier alpha value is -1.97. The lowest BCUT2D eigenvalue weighted by Crippen LogP contribution is -1.92. The first-order valence-electron chi connectivity index (χ1n) is 4.58. The van der Waals surface area contributed by atoms with Gasteiger partial charge >= 0.3 is 0 Å². The molecule has 2 N–H and O–H groups in total. The molecule has 0 spiro atoms. The monoisotopic (exact) mass is 223 g/mol.